The van der Waals surface area contributed by atoms with Crippen LogP contribution in [0.25, 0.3) is 0 Å². The van der Waals surface area contributed by atoms with Gasteiger partial charge in [0.15, 0.2) is 0 Å². The molecule has 82 valence electrons. The van der Waals surface area contributed by atoms with Gasteiger partial charge in [-0.25, -0.2) is 4.98 Å². The molecule has 6 heteroatoms. The molecule has 1 rings (SSSR count). The fraction of sp³-hybridized carbons (Fsp3) is 0.444. The van der Waals surface area contributed by atoms with E-state index in [0.717, 1.165) is 0 Å². The molecule has 0 fully saturated rings. The molecule has 1 heterocycles. The van der Waals surface area contributed by atoms with Crippen LogP contribution < -0.4 is 5.73 Å². The van der Waals surface area contributed by atoms with Crippen LogP contribution in [0.4, 0.5) is 0 Å². The maximum atomic E-state index is 11.0. The van der Waals surface area contributed by atoms with Crippen LogP contribution in [0.5, 0.6) is 0 Å². The van der Waals surface area contributed by atoms with Gasteiger partial charge in [-0.05, 0) is 13.8 Å². The van der Waals surface area contributed by atoms with Crippen LogP contribution in [-0.4, -0.2) is 26.4 Å². The number of imidazole rings is 1. The van der Waals surface area contributed by atoms with Gasteiger partial charge in [0.05, 0.1) is 24.0 Å². The minimum absolute atomic E-state index is 0.0548. The summed E-state index contributed by atoms with van der Waals surface area (Å²) in [5.41, 5.74) is 4.80. The quantitative estimate of drug-likeness (QED) is 0.426. The normalized spacial score (nSPS) is 16.0. The minimum atomic E-state index is -0.767. The largest absolute Gasteiger partial charge is 0.411 e. The van der Waals surface area contributed by atoms with Gasteiger partial charge in [-0.3, -0.25) is 4.79 Å². The van der Waals surface area contributed by atoms with Gasteiger partial charge in [-0.1, -0.05) is 5.16 Å². The lowest BCUT2D eigenvalue weighted by Gasteiger charge is -2.28. The molecule has 0 aromatic carbocycles. The van der Waals surface area contributed by atoms with Gasteiger partial charge in [0.2, 0.25) is 5.91 Å². The number of hydrogen-bond acceptors (Lipinski definition) is 4. The Morgan fingerprint density at radius 1 is 1.73 bits per heavy atom. The van der Waals surface area contributed by atoms with E-state index in [2.05, 4.69) is 10.1 Å². The molecular weight excluding hydrogens is 196 g/mol. The van der Waals surface area contributed by atoms with E-state index >= 15 is 0 Å². The lowest BCUT2D eigenvalue weighted by molar-refractivity contribution is -0.119. The number of carbonyl (C=O) groups excluding carboxylic acids is 1. The number of primary amides is 1. The number of nitrogens with two attached hydrogens (primary N) is 1. The number of rotatable bonds is 4. The van der Waals surface area contributed by atoms with Crippen molar-refractivity contribution >= 4 is 11.6 Å². The van der Waals surface area contributed by atoms with Crippen LogP contribution >= 0.6 is 0 Å². The standard InChI is InChI=1S/C9H14N4O2/c1-7(12-15)9(2,5-8(10)14)13-4-3-11-6-13/h3-4,6,15H,5H2,1-2H3,(H2,10,14). The SMILES string of the molecule is CC(=NO)C(C)(CC(N)=O)n1ccnc1. The Hall–Kier alpha value is -1.85. The summed E-state index contributed by atoms with van der Waals surface area (Å²) in [5, 5.41) is 11.9. The molecule has 0 aliphatic rings. The Balaban J connectivity index is 3.13. The van der Waals surface area contributed by atoms with Gasteiger partial charge in [-0.2, -0.15) is 0 Å². The van der Waals surface area contributed by atoms with E-state index in [1.807, 2.05) is 0 Å². The van der Waals surface area contributed by atoms with E-state index in [1.54, 1.807) is 37.1 Å². The fourth-order valence-corrected chi connectivity index (χ4v) is 1.40. The number of nitrogens with zero attached hydrogens (tertiary/aromatic N) is 3. The molecule has 15 heavy (non-hydrogen) atoms. The average Bonchev–Trinajstić information content (AvgIpc) is 2.68. The highest BCUT2D eigenvalue weighted by Gasteiger charge is 2.32. The van der Waals surface area contributed by atoms with E-state index in [0.29, 0.717) is 5.71 Å². The highest BCUT2D eigenvalue weighted by molar-refractivity contribution is 5.93. The van der Waals surface area contributed by atoms with E-state index in [9.17, 15) is 4.79 Å². The molecule has 1 atom stereocenters. The third kappa shape index (κ3) is 2.15. The van der Waals surface area contributed by atoms with Crippen molar-refractivity contribution < 1.29 is 10.0 Å². The zero-order valence-corrected chi connectivity index (χ0v) is 8.71. The molecule has 1 aromatic rings. The lowest BCUT2D eigenvalue weighted by atomic mass is 9.92. The van der Waals surface area contributed by atoms with Gasteiger partial charge in [-0.15, -0.1) is 0 Å². The van der Waals surface area contributed by atoms with Gasteiger partial charge in [0, 0.05) is 12.4 Å². The maximum absolute atomic E-state index is 11.0. The van der Waals surface area contributed by atoms with Crippen molar-refractivity contribution in [1.29, 1.82) is 0 Å². The van der Waals surface area contributed by atoms with E-state index in [4.69, 9.17) is 10.9 Å². The Kier molecular flexibility index (Phi) is 3.08. The second-order valence-corrected chi connectivity index (χ2v) is 3.57. The molecule has 0 aliphatic carbocycles. The Morgan fingerprint density at radius 3 is 2.80 bits per heavy atom. The summed E-state index contributed by atoms with van der Waals surface area (Å²) in [4.78, 5) is 14.9. The zero-order valence-electron chi connectivity index (χ0n) is 8.71. The number of aromatic nitrogens is 2. The first-order chi connectivity index (χ1) is 7.00. The number of carbonyl (C=O) groups is 1. The topological polar surface area (TPSA) is 93.5 Å². The summed E-state index contributed by atoms with van der Waals surface area (Å²) in [7, 11) is 0. The molecule has 1 unspecified atom stereocenters. The second-order valence-electron chi connectivity index (χ2n) is 3.57. The maximum Gasteiger partial charge on any atom is 0.220 e. The summed E-state index contributed by atoms with van der Waals surface area (Å²) in [6.45, 7) is 3.39. The van der Waals surface area contributed by atoms with Crippen LogP contribution in [-0.2, 0) is 10.3 Å². The molecule has 0 spiro atoms. The first kappa shape index (κ1) is 11.2. The van der Waals surface area contributed by atoms with Crippen LogP contribution in [0.1, 0.15) is 20.3 Å². The molecular formula is C9H14N4O2. The van der Waals surface area contributed by atoms with Crippen molar-refractivity contribution in [3.63, 3.8) is 0 Å². The third-order valence-electron chi connectivity index (χ3n) is 2.52. The number of hydrogen-bond donors (Lipinski definition) is 2. The summed E-state index contributed by atoms with van der Waals surface area (Å²) in [6, 6.07) is 0. The molecule has 1 amide bonds. The predicted octanol–water partition coefficient (Wildman–Crippen LogP) is 0.324. The highest BCUT2D eigenvalue weighted by Crippen LogP contribution is 2.22. The monoisotopic (exact) mass is 210 g/mol. The molecule has 0 saturated heterocycles. The Labute approximate surface area is 87.4 Å². The van der Waals surface area contributed by atoms with Crippen molar-refractivity contribution in [2.75, 3.05) is 0 Å². The van der Waals surface area contributed by atoms with E-state index < -0.39 is 11.4 Å². The second kappa shape index (κ2) is 4.12. The van der Waals surface area contributed by atoms with Crippen molar-refractivity contribution in [2.24, 2.45) is 10.9 Å². The first-order valence-electron chi connectivity index (χ1n) is 4.46. The third-order valence-corrected chi connectivity index (χ3v) is 2.52. The van der Waals surface area contributed by atoms with Crippen molar-refractivity contribution in [3.8, 4) is 0 Å². The van der Waals surface area contributed by atoms with Crippen LogP contribution in [0.2, 0.25) is 0 Å². The zero-order chi connectivity index (χ0) is 11.5. The van der Waals surface area contributed by atoms with Crippen LogP contribution in [0.3, 0.4) is 0 Å². The van der Waals surface area contributed by atoms with Crippen LogP contribution in [0.15, 0.2) is 23.9 Å². The van der Waals surface area contributed by atoms with Crippen LogP contribution in [0, 0.1) is 0 Å². The average molecular weight is 210 g/mol. The molecule has 0 aliphatic heterocycles. The summed E-state index contributed by atoms with van der Waals surface area (Å²) in [6.07, 6.45) is 4.89. The Morgan fingerprint density at radius 2 is 2.40 bits per heavy atom. The molecule has 0 radical (unpaired) electrons. The summed E-state index contributed by atoms with van der Waals surface area (Å²) >= 11 is 0. The molecule has 0 saturated carbocycles. The highest BCUT2D eigenvalue weighted by atomic mass is 16.4. The summed E-state index contributed by atoms with van der Waals surface area (Å²) in [5.74, 6) is -0.464. The number of oxime groups is 1. The minimum Gasteiger partial charge on any atom is -0.411 e. The Bertz CT molecular complexity index is 371. The van der Waals surface area contributed by atoms with E-state index in [-0.39, 0.29) is 6.42 Å². The molecule has 6 nitrogen and oxygen atoms in total. The molecule has 0 bridgehead atoms. The van der Waals surface area contributed by atoms with Gasteiger partial charge < -0.3 is 15.5 Å². The van der Waals surface area contributed by atoms with Gasteiger partial charge >= 0.3 is 0 Å². The van der Waals surface area contributed by atoms with Gasteiger partial charge in [0.25, 0.3) is 0 Å². The van der Waals surface area contributed by atoms with Crippen molar-refractivity contribution in [1.82, 2.24) is 9.55 Å². The number of amides is 1. The molecule has 1 aromatic heterocycles. The van der Waals surface area contributed by atoms with E-state index in [1.165, 1.54) is 0 Å². The fourth-order valence-electron chi connectivity index (χ4n) is 1.40. The van der Waals surface area contributed by atoms with Crippen molar-refractivity contribution in [3.05, 3.63) is 18.7 Å². The smallest absolute Gasteiger partial charge is 0.220 e. The predicted molar refractivity (Wildman–Crippen MR) is 54.6 cm³/mol. The van der Waals surface area contributed by atoms with Gasteiger partial charge in [0.1, 0.15) is 0 Å². The summed E-state index contributed by atoms with van der Waals surface area (Å²) < 4.78 is 1.69. The molecule has 3 N–H and O–H groups in total. The first-order valence-corrected chi connectivity index (χ1v) is 4.46. The lowest BCUT2D eigenvalue weighted by Crippen LogP contribution is -2.40. The van der Waals surface area contributed by atoms with Crippen molar-refractivity contribution in [2.45, 2.75) is 25.8 Å².